The van der Waals surface area contributed by atoms with Gasteiger partial charge in [-0.3, -0.25) is 4.79 Å². The third kappa shape index (κ3) is 3.63. The predicted molar refractivity (Wildman–Crippen MR) is 81.9 cm³/mol. The Bertz CT molecular complexity index is 739. The average Bonchev–Trinajstić information content (AvgIpc) is 2.39. The summed E-state index contributed by atoms with van der Waals surface area (Å²) in [6, 6.07) is 11.2. The molecule has 0 aliphatic rings. The summed E-state index contributed by atoms with van der Waals surface area (Å²) in [5.41, 5.74) is 0.324. The smallest absolute Gasteiger partial charge is 0.185 e. The van der Waals surface area contributed by atoms with E-state index >= 15 is 0 Å². The molecule has 2 aromatic carbocycles. The lowest BCUT2D eigenvalue weighted by molar-refractivity contribution is 0.102. The zero-order valence-corrected chi connectivity index (χ0v) is 13.2. The number of ketones is 1. The first-order valence-corrected chi connectivity index (χ1v) is 8.39. The molecule has 0 saturated carbocycles. The minimum absolute atomic E-state index is 0.184. The molecule has 0 N–H and O–H groups in total. The van der Waals surface area contributed by atoms with E-state index in [2.05, 4.69) is 22.6 Å². The van der Waals surface area contributed by atoms with Crippen molar-refractivity contribution in [2.24, 2.45) is 0 Å². The molecule has 20 heavy (non-hydrogen) atoms. The fraction of sp³-hybridized carbons (Fsp3) is 0.0714. The van der Waals surface area contributed by atoms with Gasteiger partial charge in [0.1, 0.15) is 11.6 Å². The lowest BCUT2D eigenvalue weighted by Crippen LogP contribution is -2.16. The standard InChI is InChI=1S/C14H10FIO3S/c15-11-2-1-3-13(8-11)20(18,19)9-14(17)10-4-6-12(16)7-5-10/h1-8H,9H2. The van der Waals surface area contributed by atoms with E-state index in [9.17, 15) is 17.6 Å². The maximum atomic E-state index is 13.1. The van der Waals surface area contributed by atoms with Crippen molar-refractivity contribution in [3.63, 3.8) is 0 Å². The van der Waals surface area contributed by atoms with Gasteiger partial charge in [-0.1, -0.05) is 18.2 Å². The predicted octanol–water partition coefficient (Wildman–Crippen LogP) is 3.09. The van der Waals surface area contributed by atoms with Crippen molar-refractivity contribution in [1.82, 2.24) is 0 Å². The number of hydrogen-bond acceptors (Lipinski definition) is 3. The van der Waals surface area contributed by atoms with Gasteiger partial charge in [0, 0.05) is 9.13 Å². The lowest BCUT2D eigenvalue weighted by atomic mass is 10.2. The van der Waals surface area contributed by atoms with Crippen LogP contribution in [0.5, 0.6) is 0 Å². The first-order chi connectivity index (χ1) is 9.38. The second-order valence-electron chi connectivity index (χ2n) is 4.15. The van der Waals surface area contributed by atoms with E-state index in [1.165, 1.54) is 12.1 Å². The number of rotatable bonds is 4. The molecule has 2 aromatic rings. The van der Waals surface area contributed by atoms with Gasteiger partial charge in [0.2, 0.25) is 0 Å². The Hall–Kier alpha value is -1.28. The molecule has 0 radical (unpaired) electrons. The Morgan fingerprint density at radius 3 is 2.35 bits per heavy atom. The van der Waals surface area contributed by atoms with E-state index in [4.69, 9.17) is 0 Å². The van der Waals surface area contributed by atoms with E-state index < -0.39 is 27.2 Å². The van der Waals surface area contributed by atoms with Crippen molar-refractivity contribution in [2.75, 3.05) is 5.75 Å². The van der Waals surface area contributed by atoms with Crippen LogP contribution in [0.3, 0.4) is 0 Å². The number of benzene rings is 2. The fourth-order valence-corrected chi connectivity index (χ4v) is 3.25. The van der Waals surface area contributed by atoms with Gasteiger partial charge in [-0.2, -0.15) is 0 Å². The third-order valence-corrected chi connectivity index (χ3v) is 4.98. The summed E-state index contributed by atoms with van der Waals surface area (Å²) in [6.07, 6.45) is 0. The molecule has 104 valence electrons. The molecule has 0 heterocycles. The van der Waals surface area contributed by atoms with E-state index in [1.807, 2.05) is 0 Å². The highest BCUT2D eigenvalue weighted by Crippen LogP contribution is 2.15. The van der Waals surface area contributed by atoms with E-state index in [1.54, 1.807) is 24.3 Å². The number of Topliss-reactive ketones (excluding diaryl/α,β-unsaturated/α-hetero) is 1. The summed E-state index contributed by atoms with van der Waals surface area (Å²) in [7, 11) is -3.83. The largest absolute Gasteiger partial charge is 0.293 e. The summed E-state index contributed by atoms with van der Waals surface area (Å²) in [5, 5.41) is 0. The van der Waals surface area contributed by atoms with E-state index in [0.29, 0.717) is 5.56 Å². The number of hydrogen-bond donors (Lipinski definition) is 0. The van der Waals surface area contributed by atoms with E-state index in [0.717, 1.165) is 15.7 Å². The summed E-state index contributed by atoms with van der Waals surface area (Å²) in [6.45, 7) is 0. The normalized spacial score (nSPS) is 11.3. The Morgan fingerprint density at radius 1 is 1.10 bits per heavy atom. The Morgan fingerprint density at radius 2 is 1.75 bits per heavy atom. The van der Waals surface area contributed by atoms with Crippen LogP contribution in [0, 0.1) is 9.39 Å². The van der Waals surface area contributed by atoms with Crippen LogP contribution in [0.4, 0.5) is 4.39 Å². The quantitative estimate of drug-likeness (QED) is 0.582. The molecule has 0 bridgehead atoms. The molecule has 0 fully saturated rings. The van der Waals surface area contributed by atoms with Crippen molar-refractivity contribution >= 4 is 38.2 Å². The van der Waals surface area contributed by atoms with Crippen LogP contribution in [0.2, 0.25) is 0 Å². The first-order valence-electron chi connectivity index (χ1n) is 5.65. The molecule has 0 aliphatic heterocycles. The third-order valence-electron chi connectivity index (χ3n) is 2.64. The molecule has 0 amide bonds. The average molecular weight is 404 g/mol. The van der Waals surface area contributed by atoms with Gasteiger partial charge in [0.15, 0.2) is 15.6 Å². The number of halogens is 2. The highest BCUT2D eigenvalue weighted by molar-refractivity contribution is 14.1. The van der Waals surface area contributed by atoms with Crippen molar-refractivity contribution in [2.45, 2.75) is 4.90 Å². The zero-order valence-electron chi connectivity index (χ0n) is 10.2. The molecule has 0 aromatic heterocycles. The van der Waals surface area contributed by atoms with E-state index in [-0.39, 0.29) is 4.90 Å². The van der Waals surface area contributed by atoms with Crippen LogP contribution in [-0.4, -0.2) is 20.0 Å². The number of carbonyl (C=O) groups is 1. The van der Waals surface area contributed by atoms with Crippen LogP contribution in [0.15, 0.2) is 53.4 Å². The molecule has 0 saturated heterocycles. The van der Waals surface area contributed by atoms with Crippen molar-refractivity contribution in [3.05, 3.63) is 63.5 Å². The minimum Gasteiger partial charge on any atom is -0.293 e. The molecule has 0 aliphatic carbocycles. The van der Waals surface area contributed by atoms with Gasteiger partial charge < -0.3 is 0 Å². The number of sulfone groups is 1. The Labute approximate surface area is 129 Å². The molecular formula is C14H10FIO3S. The summed E-state index contributed by atoms with van der Waals surface area (Å²) in [5.74, 6) is -1.82. The van der Waals surface area contributed by atoms with Crippen molar-refractivity contribution < 1.29 is 17.6 Å². The molecule has 3 nitrogen and oxygen atoms in total. The second-order valence-corrected chi connectivity index (χ2v) is 7.38. The molecule has 0 spiro atoms. The van der Waals surface area contributed by atoms with Crippen LogP contribution in [0.1, 0.15) is 10.4 Å². The van der Waals surface area contributed by atoms with Crippen molar-refractivity contribution in [3.8, 4) is 0 Å². The topological polar surface area (TPSA) is 51.2 Å². The zero-order chi connectivity index (χ0) is 14.8. The van der Waals surface area contributed by atoms with Crippen molar-refractivity contribution in [1.29, 1.82) is 0 Å². The van der Waals surface area contributed by atoms with Crippen LogP contribution < -0.4 is 0 Å². The van der Waals surface area contributed by atoms with Gasteiger partial charge in [0.05, 0.1) is 4.90 Å². The lowest BCUT2D eigenvalue weighted by Gasteiger charge is -2.04. The Balaban J connectivity index is 2.24. The Kier molecular flexibility index (Phi) is 4.54. The highest BCUT2D eigenvalue weighted by atomic mass is 127. The fourth-order valence-electron chi connectivity index (χ4n) is 1.64. The molecule has 6 heteroatoms. The van der Waals surface area contributed by atoms with Gasteiger partial charge in [-0.05, 0) is 52.9 Å². The molecule has 0 atom stereocenters. The van der Waals surface area contributed by atoms with Gasteiger partial charge in [0.25, 0.3) is 0 Å². The maximum absolute atomic E-state index is 13.1. The van der Waals surface area contributed by atoms with Crippen LogP contribution in [-0.2, 0) is 9.84 Å². The van der Waals surface area contributed by atoms with Gasteiger partial charge in [-0.25, -0.2) is 12.8 Å². The minimum atomic E-state index is -3.83. The summed E-state index contributed by atoms with van der Waals surface area (Å²) >= 11 is 2.09. The maximum Gasteiger partial charge on any atom is 0.185 e. The highest BCUT2D eigenvalue weighted by Gasteiger charge is 2.20. The van der Waals surface area contributed by atoms with Gasteiger partial charge in [-0.15, -0.1) is 0 Å². The monoisotopic (exact) mass is 404 g/mol. The first kappa shape index (κ1) is 15.1. The molecule has 2 rings (SSSR count). The van der Waals surface area contributed by atoms with Crippen LogP contribution in [0.25, 0.3) is 0 Å². The number of carbonyl (C=O) groups excluding carboxylic acids is 1. The second kappa shape index (κ2) is 6.01. The summed E-state index contributed by atoms with van der Waals surface area (Å²) in [4.78, 5) is 11.8. The summed E-state index contributed by atoms with van der Waals surface area (Å²) < 4.78 is 38.1. The van der Waals surface area contributed by atoms with Crippen LogP contribution >= 0.6 is 22.6 Å². The molecular weight excluding hydrogens is 394 g/mol. The van der Waals surface area contributed by atoms with Gasteiger partial charge >= 0.3 is 0 Å². The SMILES string of the molecule is O=C(CS(=O)(=O)c1cccc(F)c1)c1ccc(I)cc1. The molecule has 0 unspecified atom stereocenters.